The number of phenols is 1. The Labute approximate surface area is 257 Å². The van der Waals surface area contributed by atoms with Crippen molar-refractivity contribution in [3.63, 3.8) is 0 Å². The first kappa shape index (κ1) is 35.9. The van der Waals surface area contributed by atoms with E-state index in [0.717, 1.165) is 49.4 Å². The predicted molar refractivity (Wildman–Crippen MR) is 158 cm³/mol. The molecule has 0 aliphatic carbocycles. The predicted octanol–water partition coefficient (Wildman–Crippen LogP) is 4.29. The summed E-state index contributed by atoms with van der Waals surface area (Å²) in [5, 5.41) is 10.3. The number of carbonyl (C=O) groups is 1. The number of morpholine rings is 1. The summed E-state index contributed by atoms with van der Waals surface area (Å²) in [6, 6.07) is 8.26. The zero-order chi connectivity index (χ0) is 28.9. The topological polar surface area (TPSA) is 74.7 Å². The van der Waals surface area contributed by atoms with Gasteiger partial charge in [-0.1, -0.05) is 12.1 Å². The van der Waals surface area contributed by atoms with Crippen LogP contribution in [0.1, 0.15) is 27.0 Å². The molecule has 1 N–H and O–H groups in total. The van der Waals surface area contributed by atoms with Crippen LogP contribution in [0.3, 0.4) is 0 Å². The monoisotopic (exact) mass is 637 g/mol. The lowest BCUT2D eigenvalue weighted by Gasteiger charge is -2.43. The number of halogens is 5. The summed E-state index contributed by atoms with van der Waals surface area (Å²) in [5.41, 5.74) is 0.612. The Morgan fingerprint density at radius 2 is 1.74 bits per heavy atom. The minimum absolute atomic E-state index is 0. The van der Waals surface area contributed by atoms with E-state index in [1.54, 1.807) is 25.0 Å². The molecular weight excluding hydrogens is 598 g/mol. The molecule has 2 aliphatic heterocycles. The Morgan fingerprint density at radius 3 is 2.38 bits per heavy atom. The molecule has 1 amide bonds. The molecule has 0 saturated carbocycles. The highest BCUT2D eigenvalue weighted by Gasteiger charge is 2.35. The first-order chi connectivity index (χ1) is 19.1. The van der Waals surface area contributed by atoms with Crippen LogP contribution >= 0.6 is 24.8 Å². The molecule has 42 heavy (non-hydrogen) atoms. The Hall–Kier alpha value is -2.28. The lowest BCUT2D eigenvalue weighted by atomic mass is 9.99. The molecule has 13 heteroatoms. The number of nitrogens with zero attached hydrogens (tertiary/aromatic N) is 3. The Bertz CT molecular complexity index is 1170. The second-order valence-corrected chi connectivity index (χ2v) is 10.5. The van der Waals surface area contributed by atoms with Crippen LogP contribution in [0.15, 0.2) is 36.4 Å². The van der Waals surface area contributed by atoms with Gasteiger partial charge in [0, 0.05) is 64.5 Å². The number of aromatic hydroxyl groups is 1. The second-order valence-electron chi connectivity index (χ2n) is 10.5. The number of phenolic OH excluding ortho intramolecular Hbond substituents is 1. The van der Waals surface area contributed by atoms with Crippen LogP contribution in [0.2, 0.25) is 0 Å². The number of methoxy groups -OCH3 is 2. The van der Waals surface area contributed by atoms with Crippen LogP contribution in [0.5, 0.6) is 11.5 Å². The van der Waals surface area contributed by atoms with Crippen molar-refractivity contribution in [2.75, 3.05) is 73.2 Å². The van der Waals surface area contributed by atoms with Gasteiger partial charge in [-0.05, 0) is 48.7 Å². The summed E-state index contributed by atoms with van der Waals surface area (Å²) in [6.45, 7) is 7.77. The Balaban J connectivity index is 0.00000308. The standard InChI is InChI=1S/C29H38F3N3O5.2ClH/c1-20-4-5-21(13-27(20)36)12-24-17-33(6-7-34-10-11-40-26(18-34)19-38-2)8-9-35(24)28(37)22-14-23(29(30,31)32)16-25(15-22)39-3;;/h4-5,13-16,24,26,36H,6-12,17-19H2,1-3H3;2*1H/t24-,26+;;/m1../s1. The molecule has 0 aromatic heterocycles. The number of ether oxygens (including phenoxy) is 3. The Morgan fingerprint density at radius 1 is 1.02 bits per heavy atom. The van der Waals surface area contributed by atoms with E-state index in [1.807, 2.05) is 12.1 Å². The van der Waals surface area contributed by atoms with Gasteiger partial charge < -0.3 is 24.2 Å². The highest BCUT2D eigenvalue weighted by Crippen LogP contribution is 2.33. The first-order valence-electron chi connectivity index (χ1n) is 13.5. The number of benzene rings is 2. The number of alkyl halides is 3. The van der Waals surface area contributed by atoms with Gasteiger partial charge in [-0.25, -0.2) is 0 Å². The number of hydrogen-bond donors (Lipinski definition) is 1. The van der Waals surface area contributed by atoms with Crippen molar-refractivity contribution in [3.8, 4) is 11.5 Å². The van der Waals surface area contributed by atoms with Crippen LogP contribution in [-0.2, 0) is 22.1 Å². The molecule has 236 valence electrons. The van der Waals surface area contributed by atoms with Gasteiger partial charge in [0.15, 0.2) is 0 Å². The minimum atomic E-state index is -4.61. The third-order valence-corrected chi connectivity index (χ3v) is 7.60. The van der Waals surface area contributed by atoms with Crippen LogP contribution in [0.4, 0.5) is 13.2 Å². The lowest BCUT2D eigenvalue weighted by molar-refractivity contribution is -0.137. The van der Waals surface area contributed by atoms with E-state index in [9.17, 15) is 23.1 Å². The molecule has 2 aromatic rings. The molecule has 0 spiro atoms. The average molecular weight is 639 g/mol. The third kappa shape index (κ3) is 9.36. The fourth-order valence-corrected chi connectivity index (χ4v) is 5.34. The van der Waals surface area contributed by atoms with E-state index in [0.29, 0.717) is 39.3 Å². The molecular formula is C29H40Cl2F3N3O5. The average Bonchev–Trinajstić information content (AvgIpc) is 2.93. The van der Waals surface area contributed by atoms with E-state index in [2.05, 4.69) is 9.80 Å². The molecule has 2 aromatic carbocycles. The summed E-state index contributed by atoms with van der Waals surface area (Å²) >= 11 is 0. The van der Waals surface area contributed by atoms with Crippen molar-refractivity contribution in [2.45, 2.75) is 31.7 Å². The van der Waals surface area contributed by atoms with Crippen LogP contribution in [-0.4, -0.2) is 111 Å². The van der Waals surface area contributed by atoms with Gasteiger partial charge in [0.05, 0.1) is 32.0 Å². The molecule has 2 heterocycles. The van der Waals surface area contributed by atoms with Crippen LogP contribution < -0.4 is 4.74 Å². The van der Waals surface area contributed by atoms with Crippen LogP contribution in [0.25, 0.3) is 0 Å². The molecule has 2 saturated heterocycles. The summed E-state index contributed by atoms with van der Waals surface area (Å²) in [4.78, 5) is 20.0. The van der Waals surface area contributed by atoms with Crippen molar-refractivity contribution < 1.29 is 37.3 Å². The molecule has 2 fully saturated rings. The number of hydrogen-bond acceptors (Lipinski definition) is 7. The fourth-order valence-electron chi connectivity index (χ4n) is 5.34. The maximum atomic E-state index is 13.7. The summed E-state index contributed by atoms with van der Waals surface area (Å²) in [5.74, 6) is -0.321. The highest BCUT2D eigenvalue weighted by molar-refractivity contribution is 5.95. The number of piperazine rings is 1. The molecule has 0 radical (unpaired) electrons. The molecule has 2 aliphatic rings. The smallest absolute Gasteiger partial charge is 0.416 e. The Kier molecular flexibility index (Phi) is 13.7. The first-order valence-corrected chi connectivity index (χ1v) is 13.5. The van der Waals surface area contributed by atoms with Gasteiger partial charge in [0.1, 0.15) is 11.5 Å². The van der Waals surface area contributed by atoms with Crippen molar-refractivity contribution in [2.24, 2.45) is 0 Å². The SMILES string of the molecule is COC[C@@H]1CN(CCN2CCN(C(=O)c3cc(OC)cc(C(F)(F)F)c3)[C@H](Cc3ccc(C)c(O)c3)C2)CCO1.Cl.Cl. The molecule has 8 nitrogen and oxygen atoms in total. The van der Waals surface area contributed by atoms with Gasteiger partial charge in [0.2, 0.25) is 0 Å². The summed E-state index contributed by atoms with van der Waals surface area (Å²) in [6.07, 6.45) is -4.11. The number of rotatable bonds is 9. The highest BCUT2D eigenvalue weighted by atomic mass is 35.5. The van der Waals surface area contributed by atoms with Gasteiger partial charge in [-0.15, -0.1) is 24.8 Å². The molecule has 4 rings (SSSR count). The van der Waals surface area contributed by atoms with Gasteiger partial charge in [-0.2, -0.15) is 13.2 Å². The largest absolute Gasteiger partial charge is 0.508 e. The van der Waals surface area contributed by atoms with Crippen molar-refractivity contribution in [1.29, 1.82) is 0 Å². The zero-order valence-electron chi connectivity index (χ0n) is 24.1. The number of aryl methyl sites for hydroxylation is 1. The van der Waals surface area contributed by atoms with Crippen molar-refractivity contribution >= 4 is 30.7 Å². The van der Waals surface area contributed by atoms with Crippen molar-refractivity contribution in [3.05, 3.63) is 58.7 Å². The maximum absolute atomic E-state index is 13.7. The van der Waals surface area contributed by atoms with Crippen molar-refractivity contribution in [1.82, 2.24) is 14.7 Å². The van der Waals surface area contributed by atoms with Gasteiger partial charge >= 0.3 is 6.18 Å². The molecule has 2 atom stereocenters. The molecule has 0 unspecified atom stereocenters. The van der Waals surface area contributed by atoms with E-state index in [1.165, 1.54) is 13.2 Å². The van der Waals surface area contributed by atoms with E-state index in [4.69, 9.17) is 14.2 Å². The molecule has 0 bridgehead atoms. The number of amides is 1. The van der Waals surface area contributed by atoms with Gasteiger partial charge in [-0.3, -0.25) is 14.6 Å². The minimum Gasteiger partial charge on any atom is -0.508 e. The van der Waals surface area contributed by atoms with Gasteiger partial charge in [0.25, 0.3) is 5.91 Å². The normalized spacial score (nSPS) is 20.0. The number of carbonyl (C=O) groups excluding carboxylic acids is 1. The summed E-state index contributed by atoms with van der Waals surface area (Å²) in [7, 11) is 2.94. The fraction of sp³-hybridized carbons (Fsp3) is 0.552. The quantitative estimate of drug-likeness (QED) is 0.440. The second kappa shape index (κ2) is 16.0. The third-order valence-electron chi connectivity index (χ3n) is 7.60. The summed E-state index contributed by atoms with van der Waals surface area (Å²) < 4.78 is 56.7. The van der Waals surface area contributed by atoms with E-state index < -0.39 is 17.6 Å². The maximum Gasteiger partial charge on any atom is 0.416 e. The van der Waals surface area contributed by atoms with E-state index in [-0.39, 0.29) is 54.0 Å². The lowest BCUT2D eigenvalue weighted by Crippen LogP contribution is -2.57. The van der Waals surface area contributed by atoms with Crippen LogP contribution in [0, 0.1) is 6.92 Å². The van der Waals surface area contributed by atoms with E-state index >= 15 is 0 Å². The zero-order valence-corrected chi connectivity index (χ0v) is 25.7.